The van der Waals surface area contributed by atoms with Crippen molar-refractivity contribution in [3.8, 4) is 0 Å². The van der Waals surface area contributed by atoms with Crippen LogP contribution in [0.2, 0.25) is 0 Å². The van der Waals surface area contributed by atoms with Crippen LogP contribution in [0.15, 0.2) is 36.4 Å². The highest BCUT2D eigenvalue weighted by atomic mass is 16.1. The Balaban J connectivity index is 2.48. The van der Waals surface area contributed by atoms with Gasteiger partial charge in [0.1, 0.15) is 0 Å². The van der Waals surface area contributed by atoms with Crippen molar-refractivity contribution < 1.29 is 4.79 Å². The maximum atomic E-state index is 11.4. The first kappa shape index (κ1) is 12.5. The highest BCUT2D eigenvalue weighted by molar-refractivity contribution is 5.96. The molecule has 86 valence electrons. The molecule has 0 saturated carbocycles. The summed E-state index contributed by atoms with van der Waals surface area (Å²) in [5.74, 6) is 0.195. The number of hydrogen-bond donors (Lipinski definition) is 1. The van der Waals surface area contributed by atoms with Crippen LogP contribution in [0.1, 0.15) is 37.0 Å². The number of hydrogen-bond acceptors (Lipinski definition) is 2. The predicted octanol–water partition coefficient (Wildman–Crippen LogP) is 3.66. The number of carbonyl (C=O) groups is 1. The van der Waals surface area contributed by atoms with Crippen molar-refractivity contribution in [3.63, 3.8) is 0 Å². The third kappa shape index (κ3) is 3.89. The van der Waals surface area contributed by atoms with Gasteiger partial charge in [-0.25, -0.2) is 0 Å². The van der Waals surface area contributed by atoms with Crippen LogP contribution in [-0.4, -0.2) is 12.3 Å². The van der Waals surface area contributed by atoms with Crippen LogP contribution in [0.4, 0.5) is 5.69 Å². The standard InChI is InChI=1S/C14H19NO/c1-3-5-6-11-15-13-9-7-12(8-10-13)14(16)4-2/h3,5,7-10,15H,4,6,11H2,1-2H3/b5-3+. The molecule has 2 nitrogen and oxygen atoms in total. The van der Waals surface area contributed by atoms with E-state index in [-0.39, 0.29) is 5.78 Å². The van der Waals surface area contributed by atoms with Crippen LogP contribution in [0.3, 0.4) is 0 Å². The van der Waals surface area contributed by atoms with E-state index < -0.39 is 0 Å². The molecule has 0 aliphatic rings. The van der Waals surface area contributed by atoms with Crippen molar-refractivity contribution in [2.45, 2.75) is 26.7 Å². The molecule has 0 spiro atoms. The lowest BCUT2D eigenvalue weighted by Crippen LogP contribution is -2.01. The predicted molar refractivity (Wildman–Crippen MR) is 69.0 cm³/mol. The monoisotopic (exact) mass is 217 g/mol. The van der Waals surface area contributed by atoms with Crippen molar-refractivity contribution >= 4 is 11.5 Å². The minimum Gasteiger partial charge on any atom is -0.385 e. The maximum Gasteiger partial charge on any atom is 0.162 e. The smallest absolute Gasteiger partial charge is 0.162 e. The largest absolute Gasteiger partial charge is 0.385 e. The summed E-state index contributed by atoms with van der Waals surface area (Å²) < 4.78 is 0. The fourth-order valence-electron chi connectivity index (χ4n) is 1.44. The molecule has 0 bridgehead atoms. The van der Waals surface area contributed by atoms with Crippen LogP contribution in [-0.2, 0) is 0 Å². The van der Waals surface area contributed by atoms with E-state index in [9.17, 15) is 4.79 Å². The second kappa shape index (κ2) is 6.83. The topological polar surface area (TPSA) is 29.1 Å². The van der Waals surface area contributed by atoms with Gasteiger partial charge in [-0.05, 0) is 37.6 Å². The summed E-state index contributed by atoms with van der Waals surface area (Å²) in [5.41, 5.74) is 1.86. The minimum atomic E-state index is 0.195. The molecule has 0 heterocycles. The van der Waals surface area contributed by atoms with Gasteiger partial charge in [-0.1, -0.05) is 19.1 Å². The summed E-state index contributed by atoms with van der Waals surface area (Å²) in [7, 11) is 0. The summed E-state index contributed by atoms with van der Waals surface area (Å²) in [6.45, 7) is 4.82. The van der Waals surface area contributed by atoms with Crippen LogP contribution in [0.5, 0.6) is 0 Å². The molecule has 1 rings (SSSR count). The average Bonchev–Trinajstić information content (AvgIpc) is 2.34. The maximum absolute atomic E-state index is 11.4. The molecule has 0 aliphatic heterocycles. The molecular formula is C14H19NO. The first-order chi connectivity index (χ1) is 7.77. The number of benzene rings is 1. The molecule has 0 fully saturated rings. The van der Waals surface area contributed by atoms with Gasteiger partial charge in [-0.15, -0.1) is 0 Å². The molecule has 0 atom stereocenters. The van der Waals surface area contributed by atoms with E-state index >= 15 is 0 Å². The zero-order valence-corrected chi connectivity index (χ0v) is 9.99. The molecule has 0 radical (unpaired) electrons. The van der Waals surface area contributed by atoms with Crippen molar-refractivity contribution in [3.05, 3.63) is 42.0 Å². The van der Waals surface area contributed by atoms with Crippen molar-refractivity contribution in [2.24, 2.45) is 0 Å². The SMILES string of the molecule is C/C=C/CCNc1ccc(C(=O)CC)cc1. The van der Waals surface area contributed by atoms with Gasteiger partial charge in [0.2, 0.25) is 0 Å². The number of Topliss-reactive ketones (excluding diaryl/α,β-unsaturated/α-hetero) is 1. The van der Waals surface area contributed by atoms with E-state index in [1.54, 1.807) is 0 Å². The summed E-state index contributed by atoms with van der Waals surface area (Å²) in [5, 5.41) is 3.30. The lowest BCUT2D eigenvalue weighted by atomic mass is 10.1. The van der Waals surface area contributed by atoms with Gasteiger partial charge in [0, 0.05) is 24.2 Å². The first-order valence-electron chi connectivity index (χ1n) is 5.76. The van der Waals surface area contributed by atoms with E-state index in [4.69, 9.17) is 0 Å². The zero-order valence-electron chi connectivity index (χ0n) is 9.99. The Morgan fingerprint density at radius 3 is 2.56 bits per heavy atom. The highest BCUT2D eigenvalue weighted by Crippen LogP contribution is 2.11. The molecule has 1 aromatic carbocycles. The lowest BCUT2D eigenvalue weighted by molar-refractivity contribution is 0.0988. The number of ketones is 1. The molecule has 1 N–H and O–H groups in total. The Kier molecular flexibility index (Phi) is 5.34. The van der Waals surface area contributed by atoms with Gasteiger partial charge in [0.25, 0.3) is 0 Å². The molecule has 0 unspecified atom stereocenters. The van der Waals surface area contributed by atoms with Gasteiger partial charge < -0.3 is 5.32 Å². The van der Waals surface area contributed by atoms with Crippen LogP contribution >= 0.6 is 0 Å². The Bertz CT molecular complexity index is 352. The summed E-state index contributed by atoms with van der Waals surface area (Å²) >= 11 is 0. The summed E-state index contributed by atoms with van der Waals surface area (Å²) in [6, 6.07) is 7.67. The Morgan fingerprint density at radius 1 is 1.31 bits per heavy atom. The fraction of sp³-hybridized carbons (Fsp3) is 0.357. The molecule has 0 aromatic heterocycles. The molecule has 16 heavy (non-hydrogen) atoms. The Morgan fingerprint density at radius 2 is 2.00 bits per heavy atom. The van der Waals surface area contributed by atoms with Gasteiger partial charge in [-0.3, -0.25) is 4.79 Å². The van der Waals surface area contributed by atoms with Crippen molar-refractivity contribution in [2.75, 3.05) is 11.9 Å². The van der Waals surface area contributed by atoms with E-state index in [0.717, 1.165) is 24.2 Å². The fourth-order valence-corrected chi connectivity index (χ4v) is 1.44. The quantitative estimate of drug-likeness (QED) is 0.447. The van der Waals surface area contributed by atoms with Gasteiger partial charge in [0.05, 0.1) is 0 Å². The third-order valence-corrected chi connectivity index (χ3v) is 2.40. The number of allylic oxidation sites excluding steroid dienone is 1. The molecule has 0 amide bonds. The zero-order chi connectivity index (χ0) is 11.8. The van der Waals surface area contributed by atoms with Crippen molar-refractivity contribution in [1.82, 2.24) is 0 Å². The second-order valence-electron chi connectivity index (χ2n) is 3.64. The lowest BCUT2D eigenvalue weighted by Gasteiger charge is -2.05. The molecular weight excluding hydrogens is 198 g/mol. The minimum absolute atomic E-state index is 0.195. The number of nitrogens with one attached hydrogen (secondary N) is 1. The molecule has 0 aliphatic carbocycles. The number of anilines is 1. The highest BCUT2D eigenvalue weighted by Gasteiger charge is 2.01. The Hall–Kier alpha value is -1.57. The van der Waals surface area contributed by atoms with Crippen LogP contribution in [0.25, 0.3) is 0 Å². The average molecular weight is 217 g/mol. The number of carbonyl (C=O) groups excluding carboxylic acids is 1. The molecule has 2 heteroatoms. The normalized spacial score (nSPS) is 10.6. The second-order valence-corrected chi connectivity index (χ2v) is 3.64. The van der Waals surface area contributed by atoms with E-state index in [1.807, 2.05) is 44.2 Å². The van der Waals surface area contributed by atoms with Gasteiger partial charge >= 0.3 is 0 Å². The van der Waals surface area contributed by atoms with Crippen LogP contribution < -0.4 is 5.32 Å². The molecule has 0 saturated heterocycles. The van der Waals surface area contributed by atoms with E-state index in [1.165, 1.54) is 0 Å². The van der Waals surface area contributed by atoms with Gasteiger partial charge in [0.15, 0.2) is 5.78 Å². The van der Waals surface area contributed by atoms with Crippen molar-refractivity contribution in [1.29, 1.82) is 0 Å². The van der Waals surface area contributed by atoms with E-state index in [2.05, 4.69) is 11.4 Å². The summed E-state index contributed by atoms with van der Waals surface area (Å²) in [6.07, 6.45) is 5.76. The molecule has 1 aromatic rings. The summed E-state index contributed by atoms with van der Waals surface area (Å²) in [4.78, 5) is 11.4. The number of rotatable bonds is 6. The van der Waals surface area contributed by atoms with Crippen LogP contribution in [0, 0.1) is 0 Å². The third-order valence-electron chi connectivity index (χ3n) is 2.40. The first-order valence-corrected chi connectivity index (χ1v) is 5.76. The Labute approximate surface area is 97.4 Å². The van der Waals surface area contributed by atoms with Gasteiger partial charge in [-0.2, -0.15) is 0 Å². The van der Waals surface area contributed by atoms with E-state index in [0.29, 0.717) is 6.42 Å².